The van der Waals surface area contributed by atoms with Gasteiger partial charge in [0, 0.05) is 11.4 Å². The molecule has 1 fully saturated rings. The minimum absolute atomic E-state index is 0.123. The van der Waals surface area contributed by atoms with Gasteiger partial charge in [0.2, 0.25) is 11.8 Å². The van der Waals surface area contributed by atoms with Crippen molar-refractivity contribution in [3.63, 3.8) is 0 Å². The number of ether oxygens (including phenoxy) is 2. The first kappa shape index (κ1) is 20.6. The number of thioether (sulfide) groups is 1. The number of amides is 2. The van der Waals surface area contributed by atoms with Gasteiger partial charge in [-0.3, -0.25) is 9.59 Å². The number of nitrogens with one attached hydrogen (secondary N) is 1. The molecule has 1 unspecified atom stereocenters. The number of hydrogen-bond acceptors (Lipinski definition) is 6. The molecule has 8 heteroatoms. The first-order valence-electron chi connectivity index (χ1n) is 8.95. The lowest BCUT2D eigenvalue weighted by atomic mass is 10.1. The Morgan fingerprint density at radius 1 is 1.17 bits per heavy atom. The van der Waals surface area contributed by atoms with Gasteiger partial charge in [0.05, 0.1) is 38.1 Å². The fourth-order valence-electron chi connectivity index (χ4n) is 3.03. The predicted octanol–water partition coefficient (Wildman–Crippen LogP) is 2.66. The summed E-state index contributed by atoms with van der Waals surface area (Å²) in [6.07, 6.45) is 0.168. The number of rotatable bonds is 6. The summed E-state index contributed by atoms with van der Waals surface area (Å²) < 4.78 is 10.5. The second-order valence-electron chi connectivity index (χ2n) is 6.42. The number of anilines is 1. The van der Waals surface area contributed by atoms with E-state index in [4.69, 9.17) is 14.7 Å². The van der Waals surface area contributed by atoms with Gasteiger partial charge in [0.1, 0.15) is 6.04 Å². The van der Waals surface area contributed by atoms with Crippen LogP contribution in [0.3, 0.4) is 0 Å². The molecule has 1 heterocycles. The molecule has 29 heavy (non-hydrogen) atoms. The summed E-state index contributed by atoms with van der Waals surface area (Å²) in [5, 5.41) is 11.7. The lowest BCUT2D eigenvalue weighted by molar-refractivity contribution is -0.135. The topological polar surface area (TPSA) is 91.7 Å². The SMILES string of the molecule is COc1ccc(CC(=O)N2CSCC2C(=O)Nc2ccc(C#N)cc2)cc1OC. The van der Waals surface area contributed by atoms with E-state index in [9.17, 15) is 9.59 Å². The Kier molecular flexibility index (Phi) is 6.62. The standard InChI is InChI=1S/C21H21N3O4S/c1-27-18-8-5-15(9-19(18)28-2)10-20(25)24-13-29-12-17(24)21(26)23-16-6-3-14(11-22)4-7-16/h3-9,17H,10,12-13H2,1-2H3,(H,23,26). The molecule has 1 atom stereocenters. The number of hydrogen-bond donors (Lipinski definition) is 1. The van der Waals surface area contributed by atoms with Crippen LogP contribution in [0.25, 0.3) is 0 Å². The quantitative estimate of drug-likeness (QED) is 0.786. The molecule has 1 saturated heterocycles. The van der Waals surface area contributed by atoms with Crippen molar-refractivity contribution in [3.05, 3.63) is 53.6 Å². The van der Waals surface area contributed by atoms with Gasteiger partial charge in [0.25, 0.3) is 0 Å². The first-order chi connectivity index (χ1) is 14.0. The van der Waals surface area contributed by atoms with E-state index in [2.05, 4.69) is 5.32 Å². The Bertz CT molecular complexity index is 940. The highest BCUT2D eigenvalue weighted by Gasteiger charge is 2.34. The summed E-state index contributed by atoms with van der Waals surface area (Å²) in [4.78, 5) is 27.1. The molecule has 1 aliphatic rings. The third kappa shape index (κ3) is 4.81. The first-order valence-corrected chi connectivity index (χ1v) is 10.1. The van der Waals surface area contributed by atoms with Crippen molar-refractivity contribution < 1.29 is 19.1 Å². The molecule has 1 aliphatic heterocycles. The van der Waals surface area contributed by atoms with Crippen molar-refractivity contribution in [1.82, 2.24) is 4.90 Å². The molecule has 0 aromatic heterocycles. The zero-order valence-corrected chi connectivity index (χ0v) is 17.0. The van der Waals surface area contributed by atoms with Crippen LogP contribution >= 0.6 is 11.8 Å². The molecule has 2 aromatic carbocycles. The van der Waals surface area contributed by atoms with Gasteiger partial charge in [-0.15, -0.1) is 11.8 Å². The smallest absolute Gasteiger partial charge is 0.248 e. The van der Waals surface area contributed by atoms with E-state index >= 15 is 0 Å². The van der Waals surface area contributed by atoms with Crippen LogP contribution in [0.1, 0.15) is 11.1 Å². The Hall–Kier alpha value is -3.18. The van der Waals surface area contributed by atoms with E-state index in [-0.39, 0.29) is 18.2 Å². The van der Waals surface area contributed by atoms with Crippen LogP contribution in [0, 0.1) is 11.3 Å². The van der Waals surface area contributed by atoms with E-state index in [1.165, 1.54) is 0 Å². The van der Waals surface area contributed by atoms with E-state index in [0.717, 1.165) is 5.56 Å². The van der Waals surface area contributed by atoms with Crippen LogP contribution < -0.4 is 14.8 Å². The second-order valence-corrected chi connectivity index (χ2v) is 7.42. The van der Waals surface area contributed by atoms with Crippen molar-refractivity contribution in [2.24, 2.45) is 0 Å². The van der Waals surface area contributed by atoms with Gasteiger partial charge in [-0.05, 0) is 42.0 Å². The van der Waals surface area contributed by atoms with E-state index in [0.29, 0.717) is 34.4 Å². The van der Waals surface area contributed by atoms with Gasteiger partial charge in [-0.2, -0.15) is 5.26 Å². The summed E-state index contributed by atoms with van der Waals surface area (Å²) in [5.41, 5.74) is 1.90. The summed E-state index contributed by atoms with van der Waals surface area (Å²) >= 11 is 1.54. The largest absolute Gasteiger partial charge is 0.493 e. The monoisotopic (exact) mass is 411 g/mol. The van der Waals surface area contributed by atoms with Crippen molar-refractivity contribution in [3.8, 4) is 17.6 Å². The Morgan fingerprint density at radius 3 is 2.55 bits per heavy atom. The van der Waals surface area contributed by atoms with Gasteiger partial charge in [0.15, 0.2) is 11.5 Å². The fourth-order valence-corrected chi connectivity index (χ4v) is 4.21. The number of nitrogens with zero attached hydrogens (tertiary/aromatic N) is 2. The number of nitriles is 1. The summed E-state index contributed by atoms with van der Waals surface area (Å²) in [7, 11) is 3.10. The Morgan fingerprint density at radius 2 is 1.90 bits per heavy atom. The Balaban J connectivity index is 1.67. The average Bonchev–Trinajstić information content (AvgIpc) is 3.24. The van der Waals surface area contributed by atoms with Gasteiger partial charge in [-0.1, -0.05) is 6.07 Å². The molecule has 1 N–H and O–H groups in total. The predicted molar refractivity (Wildman–Crippen MR) is 111 cm³/mol. The number of carbonyl (C=O) groups excluding carboxylic acids is 2. The molecule has 2 amide bonds. The average molecular weight is 411 g/mol. The molecule has 7 nitrogen and oxygen atoms in total. The van der Waals surface area contributed by atoms with Crippen LogP contribution in [0.4, 0.5) is 5.69 Å². The molecule has 0 radical (unpaired) electrons. The molecule has 0 spiro atoms. The molecule has 2 aromatic rings. The fraction of sp³-hybridized carbons (Fsp3) is 0.286. The molecule has 3 rings (SSSR count). The molecule has 0 aliphatic carbocycles. The van der Waals surface area contributed by atoms with Crippen molar-refractivity contribution in [2.45, 2.75) is 12.5 Å². The Labute approximate surface area is 173 Å². The lowest BCUT2D eigenvalue weighted by Crippen LogP contribution is -2.45. The molecular weight excluding hydrogens is 390 g/mol. The van der Waals surface area contributed by atoms with Crippen LogP contribution in [0.2, 0.25) is 0 Å². The molecule has 0 saturated carbocycles. The van der Waals surface area contributed by atoms with Gasteiger partial charge < -0.3 is 19.7 Å². The van der Waals surface area contributed by atoms with Crippen LogP contribution in [0.5, 0.6) is 11.5 Å². The molecule has 0 bridgehead atoms. The van der Waals surface area contributed by atoms with Crippen LogP contribution in [0.15, 0.2) is 42.5 Å². The minimum atomic E-state index is -0.539. The highest BCUT2D eigenvalue weighted by atomic mass is 32.2. The second kappa shape index (κ2) is 9.34. The van der Waals surface area contributed by atoms with E-state index in [1.54, 1.807) is 67.3 Å². The molecular formula is C21H21N3O4S. The maximum atomic E-state index is 12.8. The third-order valence-corrected chi connectivity index (χ3v) is 5.60. The van der Waals surface area contributed by atoms with Crippen molar-refractivity contribution in [1.29, 1.82) is 5.26 Å². The normalized spacial score (nSPS) is 15.5. The summed E-state index contributed by atoms with van der Waals surface area (Å²) in [6.45, 7) is 0. The van der Waals surface area contributed by atoms with Crippen LogP contribution in [-0.4, -0.2) is 48.6 Å². The number of benzene rings is 2. The highest BCUT2D eigenvalue weighted by molar-refractivity contribution is 7.99. The van der Waals surface area contributed by atoms with Crippen molar-refractivity contribution >= 4 is 29.3 Å². The maximum Gasteiger partial charge on any atom is 0.248 e. The maximum absolute atomic E-state index is 12.8. The van der Waals surface area contributed by atoms with Gasteiger partial charge >= 0.3 is 0 Å². The van der Waals surface area contributed by atoms with Crippen LogP contribution in [-0.2, 0) is 16.0 Å². The third-order valence-electron chi connectivity index (χ3n) is 4.59. The zero-order chi connectivity index (χ0) is 20.8. The van der Waals surface area contributed by atoms with Gasteiger partial charge in [-0.25, -0.2) is 0 Å². The van der Waals surface area contributed by atoms with E-state index < -0.39 is 6.04 Å². The lowest BCUT2D eigenvalue weighted by Gasteiger charge is -2.23. The minimum Gasteiger partial charge on any atom is -0.493 e. The van der Waals surface area contributed by atoms with Crippen molar-refractivity contribution in [2.75, 3.05) is 31.2 Å². The zero-order valence-electron chi connectivity index (χ0n) is 16.2. The number of methoxy groups -OCH3 is 2. The number of carbonyl (C=O) groups is 2. The highest BCUT2D eigenvalue weighted by Crippen LogP contribution is 2.29. The molecule has 150 valence electrons. The van der Waals surface area contributed by atoms with E-state index in [1.807, 2.05) is 12.1 Å². The summed E-state index contributed by atoms with van der Waals surface area (Å²) in [6, 6.07) is 13.5. The summed E-state index contributed by atoms with van der Waals surface area (Å²) in [5.74, 6) is 1.81.